The first-order valence-corrected chi connectivity index (χ1v) is 10.1. The number of piperazine rings is 1. The second-order valence-corrected chi connectivity index (χ2v) is 7.75. The van der Waals surface area contributed by atoms with Crippen LogP contribution < -0.4 is 20.4 Å². The number of carbonyl (C=O) groups excluding carboxylic acids is 2. The van der Waals surface area contributed by atoms with E-state index in [1.807, 2.05) is 12.1 Å². The van der Waals surface area contributed by atoms with Gasteiger partial charge in [-0.05, 0) is 56.1 Å². The first kappa shape index (κ1) is 26.8. The Labute approximate surface area is 197 Å². The van der Waals surface area contributed by atoms with Crippen LogP contribution in [0.4, 0.5) is 16.2 Å². The molecule has 0 unspecified atom stereocenters. The minimum absolute atomic E-state index is 0. The van der Waals surface area contributed by atoms with E-state index in [1.54, 1.807) is 4.90 Å². The lowest BCUT2D eigenvalue weighted by Crippen LogP contribution is -2.49. The molecule has 4 rings (SSSR count). The van der Waals surface area contributed by atoms with Gasteiger partial charge >= 0.3 is 6.03 Å². The van der Waals surface area contributed by atoms with Crippen molar-refractivity contribution in [3.05, 3.63) is 24.3 Å². The molecule has 3 saturated heterocycles. The first-order valence-electron chi connectivity index (χ1n) is 10.1. The van der Waals surface area contributed by atoms with Crippen LogP contribution in [0.25, 0.3) is 0 Å². The molecule has 30 heavy (non-hydrogen) atoms. The molecule has 3 aliphatic rings. The van der Waals surface area contributed by atoms with Crippen LogP contribution in [-0.2, 0) is 4.79 Å². The summed E-state index contributed by atoms with van der Waals surface area (Å²) in [7, 11) is 0. The van der Waals surface area contributed by atoms with Gasteiger partial charge in [-0.2, -0.15) is 0 Å². The zero-order valence-corrected chi connectivity index (χ0v) is 19.5. The summed E-state index contributed by atoms with van der Waals surface area (Å²) >= 11 is 0. The molecular weight excluding hydrogens is 449 g/mol. The minimum atomic E-state index is -0.328. The molecule has 0 aliphatic carbocycles. The maximum atomic E-state index is 12.0. The Hall–Kier alpha value is -1.25. The average Bonchev–Trinajstić information content (AvgIpc) is 2.70. The summed E-state index contributed by atoms with van der Waals surface area (Å²) in [6.45, 7) is 8.33. The topological polar surface area (TPSA) is 67.9 Å². The summed E-state index contributed by atoms with van der Waals surface area (Å²) in [6.07, 6.45) is 2.96. The number of urea groups is 1. The Morgan fingerprint density at radius 1 is 0.833 bits per heavy atom. The van der Waals surface area contributed by atoms with Gasteiger partial charge in [0.1, 0.15) is 0 Å². The summed E-state index contributed by atoms with van der Waals surface area (Å²) in [5.74, 6) is 0.648. The van der Waals surface area contributed by atoms with E-state index in [0.29, 0.717) is 13.0 Å². The molecule has 0 atom stereocenters. The van der Waals surface area contributed by atoms with Crippen molar-refractivity contribution in [3.8, 4) is 0 Å². The van der Waals surface area contributed by atoms with Crippen molar-refractivity contribution < 1.29 is 9.59 Å². The third-order valence-electron chi connectivity index (χ3n) is 5.93. The van der Waals surface area contributed by atoms with Crippen molar-refractivity contribution in [1.82, 2.24) is 15.5 Å². The molecule has 0 aromatic heterocycles. The lowest BCUT2D eigenvalue weighted by Gasteiger charge is -2.38. The molecule has 0 bridgehead atoms. The van der Waals surface area contributed by atoms with E-state index in [1.165, 1.54) is 38.2 Å². The normalized spacial score (nSPS) is 20.5. The number of nitrogens with one attached hydrogen (secondary N) is 2. The quantitative estimate of drug-likeness (QED) is 0.693. The molecule has 170 valence electrons. The third kappa shape index (κ3) is 6.62. The number of hydrogen-bond donors (Lipinski definition) is 2. The molecule has 10 heteroatoms. The Bertz CT molecular complexity index is 678. The van der Waals surface area contributed by atoms with E-state index in [4.69, 9.17) is 0 Å². The highest BCUT2D eigenvalue weighted by molar-refractivity contribution is 6.05. The number of halogens is 3. The Balaban J connectivity index is 0.00000150. The molecule has 1 aromatic rings. The van der Waals surface area contributed by atoms with Gasteiger partial charge in [-0.3, -0.25) is 19.9 Å². The smallest absolute Gasteiger partial charge is 0.328 e. The monoisotopic (exact) mass is 479 g/mol. The zero-order valence-electron chi connectivity index (χ0n) is 17.0. The fourth-order valence-corrected chi connectivity index (χ4v) is 4.27. The summed E-state index contributed by atoms with van der Waals surface area (Å²) in [6, 6.07) is 7.80. The van der Waals surface area contributed by atoms with Crippen LogP contribution in [0, 0.1) is 5.92 Å². The predicted molar refractivity (Wildman–Crippen MR) is 128 cm³/mol. The van der Waals surface area contributed by atoms with E-state index in [9.17, 15) is 9.59 Å². The van der Waals surface area contributed by atoms with Gasteiger partial charge in [-0.15, -0.1) is 37.2 Å². The molecule has 0 saturated carbocycles. The molecule has 3 amide bonds. The molecule has 7 nitrogen and oxygen atoms in total. The SMILES string of the molecule is Cl.Cl.Cl.O=C1CCN(c2ccc(N3CCN(CC4CCNCC4)CC3)cc2)C(=O)N1. The highest BCUT2D eigenvalue weighted by Crippen LogP contribution is 2.24. The highest BCUT2D eigenvalue weighted by Gasteiger charge is 2.25. The van der Waals surface area contributed by atoms with Crippen LogP contribution in [0.5, 0.6) is 0 Å². The summed E-state index contributed by atoms with van der Waals surface area (Å²) < 4.78 is 0. The van der Waals surface area contributed by atoms with E-state index >= 15 is 0 Å². The first-order chi connectivity index (χ1) is 13.2. The number of amides is 3. The van der Waals surface area contributed by atoms with Gasteiger partial charge in [0.25, 0.3) is 0 Å². The molecule has 2 N–H and O–H groups in total. The second-order valence-electron chi connectivity index (χ2n) is 7.75. The van der Waals surface area contributed by atoms with Crippen LogP contribution in [0.15, 0.2) is 24.3 Å². The van der Waals surface area contributed by atoms with Crippen molar-refractivity contribution in [1.29, 1.82) is 0 Å². The van der Waals surface area contributed by atoms with Gasteiger partial charge in [0, 0.05) is 57.1 Å². The van der Waals surface area contributed by atoms with Gasteiger partial charge in [0.2, 0.25) is 5.91 Å². The Morgan fingerprint density at radius 2 is 1.43 bits per heavy atom. The molecule has 3 heterocycles. The lowest BCUT2D eigenvalue weighted by molar-refractivity contribution is -0.120. The fraction of sp³-hybridized carbons (Fsp3) is 0.600. The maximum absolute atomic E-state index is 12.0. The number of piperidine rings is 1. The summed E-state index contributed by atoms with van der Waals surface area (Å²) in [4.78, 5) is 29.9. The van der Waals surface area contributed by atoms with Crippen molar-refractivity contribution >= 4 is 60.5 Å². The van der Waals surface area contributed by atoms with E-state index < -0.39 is 0 Å². The average molecular weight is 481 g/mol. The maximum Gasteiger partial charge on any atom is 0.328 e. The van der Waals surface area contributed by atoms with E-state index in [-0.39, 0.29) is 49.2 Å². The largest absolute Gasteiger partial charge is 0.369 e. The van der Waals surface area contributed by atoms with Crippen molar-refractivity contribution in [2.75, 3.05) is 62.2 Å². The molecule has 0 radical (unpaired) electrons. The highest BCUT2D eigenvalue weighted by atomic mass is 35.5. The molecule has 0 spiro atoms. The van der Waals surface area contributed by atoms with Gasteiger partial charge < -0.3 is 10.2 Å². The number of benzene rings is 1. The molecule has 1 aromatic carbocycles. The number of anilines is 2. The number of imide groups is 1. The molecule has 3 fully saturated rings. The van der Waals surface area contributed by atoms with Crippen LogP contribution >= 0.6 is 37.2 Å². The van der Waals surface area contributed by atoms with Crippen LogP contribution in [0.2, 0.25) is 0 Å². The lowest BCUT2D eigenvalue weighted by atomic mass is 9.97. The number of hydrogen-bond acceptors (Lipinski definition) is 5. The van der Waals surface area contributed by atoms with E-state index in [2.05, 4.69) is 32.6 Å². The van der Waals surface area contributed by atoms with Crippen LogP contribution in [0.3, 0.4) is 0 Å². The van der Waals surface area contributed by atoms with Crippen LogP contribution in [-0.4, -0.2) is 69.2 Å². The number of rotatable bonds is 4. The minimum Gasteiger partial charge on any atom is -0.369 e. The van der Waals surface area contributed by atoms with Crippen LogP contribution in [0.1, 0.15) is 19.3 Å². The van der Waals surface area contributed by atoms with Crippen molar-refractivity contribution in [2.45, 2.75) is 19.3 Å². The Morgan fingerprint density at radius 3 is 2.03 bits per heavy atom. The predicted octanol–water partition coefficient (Wildman–Crippen LogP) is 2.52. The van der Waals surface area contributed by atoms with Gasteiger partial charge in [0.15, 0.2) is 0 Å². The summed E-state index contributed by atoms with van der Waals surface area (Å²) in [5, 5.41) is 5.81. The standard InChI is InChI=1S/C20H29N5O2.3ClH/c26-19-7-10-25(20(27)22-19)18-3-1-17(2-4-18)24-13-11-23(12-14-24)15-16-5-8-21-9-6-16;;;/h1-4,16,21H,5-15H2,(H,22,26,27);3*1H. The molecule has 3 aliphatic heterocycles. The van der Waals surface area contributed by atoms with Gasteiger partial charge in [-0.1, -0.05) is 0 Å². The Kier molecular flexibility index (Phi) is 11.2. The van der Waals surface area contributed by atoms with Crippen molar-refractivity contribution in [3.63, 3.8) is 0 Å². The summed E-state index contributed by atoms with van der Waals surface area (Å²) in [5.41, 5.74) is 2.04. The fourth-order valence-electron chi connectivity index (χ4n) is 4.27. The third-order valence-corrected chi connectivity index (χ3v) is 5.93. The number of nitrogens with zero attached hydrogens (tertiary/aromatic N) is 3. The van der Waals surface area contributed by atoms with Gasteiger partial charge in [-0.25, -0.2) is 4.79 Å². The number of carbonyl (C=O) groups is 2. The van der Waals surface area contributed by atoms with Gasteiger partial charge in [0.05, 0.1) is 0 Å². The van der Waals surface area contributed by atoms with Crippen molar-refractivity contribution in [2.24, 2.45) is 5.92 Å². The zero-order chi connectivity index (χ0) is 18.6. The second kappa shape index (κ2) is 12.6. The molecular formula is C20H32Cl3N5O2. The van der Waals surface area contributed by atoms with E-state index in [0.717, 1.165) is 37.8 Å².